The van der Waals surface area contributed by atoms with Crippen LogP contribution in [0.15, 0.2) is 60.9 Å². The van der Waals surface area contributed by atoms with Crippen molar-refractivity contribution in [3.05, 3.63) is 77.7 Å². The number of hydrogen-bond donors (Lipinski definition) is 1. The van der Waals surface area contributed by atoms with Crippen molar-refractivity contribution in [1.82, 2.24) is 20.1 Å². The van der Waals surface area contributed by atoms with Crippen molar-refractivity contribution in [2.24, 2.45) is 7.05 Å². The molecular weight excluding hydrogens is 380 g/mol. The molecule has 0 aliphatic carbocycles. The van der Waals surface area contributed by atoms with E-state index in [9.17, 15) is 4.79 Å². The molecule has 30 heavy (non-hydrogen) atoms. The minimum absolute atomic E-state index is 0.163. The van der Waals surface area contributed by atoms with Gasteiger partial charge in [0.25, 0.3) is 5.91 Å². The van der Waals surface area contributed by atoms with Crippen LogP contribution < -0.4 is 14.8 Å². The van der Waals surface area contributed by atoms with Gasteiger partial charge in [-0.2, -0.15) is 5.10 Å². The van der Waals surface area contributed by atoms with E-state index in [1.165, 1.54) is 0 Å². The number of carbonyl (C=O) groups is 1. The van der Waals surface area contributed by atoms with Crippen LogP contribution in [0.3, 0.4) is 0 Å². The average Bonchev–Trinajstić information content (AvgIpc) is 3.18. The minimum atomic E-state index is -0.163. The van der Waals surface area contributed by atoms with Crippen LogP contribution in [0, 0.1) is 6.92 Å². The highest BCUT2D eigenvalue weighted by molar-refractivity contribution is 5.96. The van der Waals surface area contributed by atoms with E-state index in [-0.39, 0.29) is 5.91 Å². The third-order valence-electron chi connectivity index (χ3n) is 5.01. The van der Waals surface area contributed by atoms with Crippen LogP contribution >= 0.6 is 0 Å². The lowest BCUT2D eigenvalue weighted by molar-refractivity contribution is 0.0949. The van der Waals surface area contributed by atoms with Crippen molar-refractivity contribution < 1.29 is 14.3 Å². The number of fused-ring (bicyclic) bond motifs is 1. The summed E-state index contributed by atoms with van der Waals surface area (Å²) in [7, 11) is 3.46. The van der Waals surface area contributed by atoms with Gasteiger partial charge >= 0.3 is 0 Å². The van der Waals surface area contributed by atoms with Crippen LogP contribution in [0.25, 0.3) is 10.9 Å². The summed E-state index contributed by atoms with van der Waals surface area (Å²) in [6, 6.07) is 14.8. The van der Waals surface area contributed by atoms with Crippen LogP contribution in [0.2, 0.25) is 0 Å². The van der Waals surface area contributed by atoms with Gasteiger partial charge in [-0.25, -0.2) is 0 Å². The maximum Gasteiger partial charge on any atom is 0.252 e. The molecule has 0 aliphatic rings. The Labute approximate surface area is 174 Å². The van der Waals surface area contributed by atoms with E-state index >= 15 is 0 Å². The summed E-state index contributed by atoms with van der Waals surface area (Å²) in [5.41, 5.74) is 3.02. The molecule has 0 aliphatic heterocycles. The van der Waals surface area contributed by atoms with Crippen molar-refractivity contribution in [3.8, 4) is 17.2 Å². The average molecular weight is 402 g/mol. The second kappa shape index (κ2) is 8.24. The number of aromatic nitrogens is 3. The zero-order valence-corrected chi connectivity index (χ0v) is 17.0. The summed E-state index contributed by atoms with van der Waals surface area (Å²) in [4.78, 5) is 17.1. The lowest BCUT2D eigenvalue weighted by atomic mass is 10.1. The van der Waals surface area contributed by atoms with Gasteiger partial charge in [0.05, 0.1) is 24.9 Å². The molecule has 4 rings (SSSR count). The monoisotopic (exact) mass is 402 g/mol. The zero-order valence-electron chi connectivity index (χ0n) is 17.0. The number of amides is 1. The van der Waals surface area contributed by atoms with Crippen molar-refractivity contribution in [3.63, 3.8) is 0 Å². The Balaban J connectivity index is 1.58. The van der Waals surface area contributed by atoms with E-state index < -0.39 is 0 Å². The maximum atomic E-state index is 12.7. The Morgan fingerprint density at radius 1 is 1.10 bits per heavy atom. The largest absolute Gasteiger partial charge is 0.497 e. The highest BCUT2D eigenvalue weighted by Gasteiger charge is 2.14. The number of nitrogens with one attached hydrogen (secondary N) is 1. The number of ether oxygens (including phenoxy) is 2. The molecule has 2 heterocycles. The Bertz CT molecular complexity index is 1220. The number of rotatable bonds is 6. The fourth-order valence-electron chi connectivity index (χ4n) is 3.25. The molecule has 7 nitrogen and oxygen atoms in total. The second-order valence-electron chi connectivity index (χ2n) is 6.85. The molecule has 2 aromatic carbocycles. The number of nitrogens with zero attached hydrogens (tertiary/aromatic N) is 3. The van der Waals surface area contributed by atoms with E-state index in [1.54, 1.807) is 30.3 Å². The van der Waals surface area contributed by atoms with Gasteiger partial charge in [0, 0.05) is 42.0 Å². The van der Waals surface area contributed by atoms with Gasteiger partial charge in [0.1, 0.15) is 17.2 Å². The smallest absolute Gasteiger partial charge is 0.252 e. The van der Waals surface area contributed by atoms with Gasteiger partial charge in [-0.3, -0.25) is 14.5 Å². The Hall–Kier alpha value is -3.87. The SMILES string of the molecule is COc1ccc2c(Oc3cccc(C(=O)NCc4ccnn4C)c3C)ccnc2c1. The van der Waals surface area contributed by atoms with Gasteiger partial charge in [-0.05, 0) is 43.3 Å². The minimum Gasteiger partial charge on any atom is -0.497 e. The van der Waals surface area contributed by atoms with E-state index in [0.29, 0.717) is 23.6 Å². The van der Waals surface area contributed by atoms with Crippen molar-refractivity contribution in [2.75, 3.05) is 7.11 Å². The molecule has 152 valence electrons. The first kappa shape index (κ1) is 19.4. The fourth-order valence-corrected chi connectivity index (χ4v) is 3.25. The van der Waals surface area contributed by atoms with Crippen LogP contribution in [0.1, 0.15) is 21.6 Å². The van der Waals surface area contributed by atoms with Crippen molar-refractivity contribution in [2.45, 2.75) is 13.5 Å². The first-order valence-corrected chi connectivity index (χ1v) is 9.52. The van der Waals surface area contributed by atoms with Gasteiger partial charge in [0.15, 0.2) is 0 Å². The topological polar surface area (TPSA) is 78.3 Å². The number of aryl methyl sites for hydroxylation is 1. The van der Waals surface area contributed by atoms with E-state index in [2.05, 4.69) is 15.4 Å². The van der Waals surface area contributed by atoms with Crippen LogP contribution in [-0.4, -0.2) is 27.8 Å². The van der Waals surface area contributed by atoms with Gasteiger partial charge < -0.3 is 14.8 Å². The van der Waals surface area contributed by atoms with Gasteiger partial charge in [-0.15, -0.1) is 0 Å². The van der Waals surface area contributed by atoms with Crippen molar-refractivity contribution in [1.29, 1.82) is 0 Å². The highest BCUT2D eigenvalue weighted by atomic mass is 16.5. The third-order valence-corrected chi connectivity index (χ3v) is 5.01. The first-order chi connectivity index (χ1) is 14.6. The zero-order chi connectivity index (χ0) is 21.1. The van der Waals surface area contributed by atoms with Crippen LogP contribution in [0.4, 0.5) is 0 Å². The molecule has 0 saturated heterocycles. The first-order valence-electron chi connectivity index (χ1n) is 9.52. The standard InChI is InChI=1S/C23H22N4O3/c1-15-18(23(28)25-14-16-9-12-26-27(16)2)5-4-6-21(15)30-22-10-11-24-20-13-17(29-3)7-8-19(20)22/h4-13H,14H2,1-3H3,(H,25,28). The number of pyridine rings is 1. The number of benzene rings is 2. The third kappa shape index (κ3) is 3.82. The quantitative estimate of drug-likeness (QED) is 0.527. The molecule has 1 N–H and O–H groups in total. The predicted molar refractivity (Wildman–Crippen MR) is 114 cm³/mol. The molecule has 0 saturated carbocycles. The predicted octanol–water partition coefficient (Wildman–Crippen LogP) is 4.01. The van der Waals surface area contributed by atoms with E-state index in [1.807, 2.05) is 56.4 Å². The lowest BCUT2D eigenvalue weighted by Gasteiger charge is -2.14. The Morgan fingerprint density at radius 3 is 2.73 bits per heavy atom. The Morgan fingerprint density at radius 2 is 1.97 bits per heavy atom. The number of methoxy groups -OCH3 is 1. The van der Waals surface area contributed by atoms with E-state index in [0.717, 1.165) is 27.9 Å². The fraction of sp³-hybridized carbons (Fsp3) is 0.174. The normalized spacial score (nSPS) is 10.8. The van der Waals surface area contributed by atoms with Gasteiger partial charge in [0.2, 0.25) is 0 Å². The summed E-state index contributed by atoms with van der Waals surface area (Å²) in [6.45, 7) is 2.28. The lowest BCUT2D eigenvalue weighted by Crippen LogP contribution is -2.24. The Kier molecular flexibility index (Phi) is 5.34. The van der Waals surface area contributed by atoms with Gasteiger partial charge in [-0.1, -0.05) is 6.07 Å². The summed E-state index contributed by atoms with van der Waals surface area (Å²) in [5.74, 6) is 1.85. The molecule has 0 atom stereocenters. The summed E-state index contributed by atoms with van der Waals surface area (Å²) < 4.78 is 13.2. The van der Waals surface area contributed by atoms with Crippen molar-refractivity contribution >= 4 is 16.8 Å². The summed E-state index contributed by atoms with van der Waals surface area (Å²) in [5, 5.41) is 7.92. The highest BCUT2D eigenvalue weighted by Crippen LogP contribution is 2.33. The molecule has 7 heteroatoms. The molecule has 0 spiro atoms. The molecule has 2 aromatic heterocycles. The molecule has 0 radical (unpaired) electrons. The second-order valence-corrected chi connectivity index (χ2v) is 6.85. The molecule has 0 fully saturated rings. The summed E-state index contributed by atoms with van der Waals surface area (Å²) in [6.07, 6.45) is 3.40. The van der Waals surface area contributed by atoms with Crippen LogP contribution in [0.5, 0.6) is 17.2 Å². The number of carbonyl (C=O) groups excluding carboxylic acids is 1. The molecule has 0 bridgehead atoms. The molecule has 0 unspecified atom stereocenters. The molecule has 4 aromatic rings. The molecule has 1 amide bonds. The van der Waals surface area contributed by atoms with Crippen LogP contribution in [-0.2, 0) is 13.6 Å². The summed E-state index contributed by atoms with van der Waals surface area (Å²) >= 11 is 0. The molecular formula is C23H22N4O3. The maximum absolute atomic E-state index is 12.7. The number of hydrogen-bond acceptors (Lipinski definition) is 5. The van der Waals surface area contributed by atoms with E-state index in [4.69, 9.17) is 9.47 Å².